The Morgan fingerprint density at radius 3 is 2.52 bits per heavy atom. The number of aryl methyl sites for hydroxylation is 2. The fourth-order valence-electron chi connectivity index (χ4n) is 1.98. The number of nitrogens with one attached hydrogen (secondary N) is 2. The van der Waals surface area contributed by atoms with Gasteiger partial charge >= 0.3 is 0 Å². The number of benzene rings is 1. The molecular formula is C16H15N5O2. The van der Waals surface area contributed by atoms with E-state index in [9.17, 15) is 4.79 Å². The number of anilines is 3. The van der Waals surface area contributed by atoms with Crippen molar-refractivity contribution in [2.75, 3.05) is 10.6 Å². The topological polar surface area (TPSA) is 92.9 Å². The van der Waals surface area contributed by atoms with Crippen molar-refractivity contribution in [3.05, 3.63) is 59.5 Å². The number of nitrogens with zero attached hydrogens (tertiary/aromatic N) is 3. The predicted octanol–water partition coefficient (Wildman–Crippen LogP) is 3.08. The first-order valence-corrected chi connectivity index (χ1v) is 7.03. The van der Waals surface area contributed by atoms with Gasteiger partial charge in [0.2, 0.25) is 0 Å². The van der Waals surface area contributed by atoms with Gasteiger partial charge in [-0.1, -0.05) is 23.4 Å². The first-order chi connectivity index (χ1) is 11.1. The van der Waals surface area contributed by atoms with Crippen LogP contribution in [0.2, 0.25) is 0 Å². The molecule has 2 aromatic heterocycles. The summed E-state index contributed by atoms with van der Waals surface area (Å²) in [5, 5.41) is 17.4. The minimum Gasteiger partial charge on any atom is -0.360 e. The van der Waals surface area contributed by atoms with E-state index in [4.69, 9.17) is 4.52 Å². The first-order valence-electron chi connectivity index (χ1n) is 7.03. The molecule has 3 rings (SSSR count). The van der Waals surface area contributed by atoms with E-state index in [0.29, 0.717) is 17.4 Å². The van der Waals surface area contributed by atoms with Gasteiger partial charge in [-0.05, 0) is 37.6 Å². The summed E-state index contributed by atoms with van der Waals surface area (Å²) < 4.78 is 4.89. The fourth-order valence-corrected chi connectivity index (χ4v) is 1.98. The molecule has 23 heavy (non-hydrogen) atoms. The maximum atomic E-state index is 12.0. The summed E-state index contributed by atoms with van der Waals surface area (Å²) in [6.07, 6.45) is 0. The molecule has 1 aromatic carbocycles. The second-order valence-electron chi connectivity index (χ2n) is 5.02. The number of rotatable bonds is 4. The van der Waals surface area contributed by atoms with Crippen LogP contribution < -0.4 is 10.6 Å². The van der Waals surface area contributed by atoms with Gasteiger partial charge in [-0.3, -0.25) is 4.79 Å². The zero-order valence-electron chi connectivity index (χ0n) is 12.7. The van der Waals surface area contributed by atoms with E-state index in [1.54, 1.807) is 25.1 Å². The van der Waals surface area contributed by atoms with E-state index in [-0.39, 0.29) is 5.69 Å². The van der Waals surface area contributed by atoms with Crippen LogP contribution in [-0.4, -0.2) is 21.3 Å². The van der Waals surface area contributed by atoms with Crippen LogP contribution in [0.1, 0.15) is 21.8 Å². The number of hydrogen-bond donors (Lipinski definition) is 2. The molecule has 0 bridgehead atoms. The molecule has 0 aliphatic heterocycles. The van der Waals surface area contributed by atoms with Crippen LogP contribution in [-0.2, 0) is 0 Å². The third kappa shape index (κ3) is 3.52. The Hall–Kier alpha value is -3.22. The van der Waals surface area contributed by atoms with Crippen LogP contribution in [0.4, 0.5) is 17.3 Å². The molecule has 0 saturated carbocycles. The van der Waals surface area contributed by atoms with Crippen molar-refractivity contribution in [1.82, 2.24) is 15.4 Å². The van der Waals surface area contributed by atoms with Crippen molar-refractivity contribution < 1.29 is 9.32 Å². The molecule has 0 aliphatic carbocycles. The van der Waals surface area contributed by atoms with Crippen molar-refractivity contribution >= 4 is 23.2 Å². The summed E-state index contributed by atoms with van der Waals surface area (Å²) in [5.41, 5.74) is 2.23. The number of aromatic nitrogens is 3. The Balaban J connectivity index is 1.69. The molecule has 0 radical (unpaired) electrons. The van der Waals surface area contributed by atoms with Gasteiger partial charge in [0, 0.05) is 11.8 Å². The van der Waals surface area contributed by atoms with Crippen molar-refractivity contribution in [1.29, 1.82) is 0 Å². The highest BCUT2D eigenvalue weighted by atomic mass is 16.5. The molecular weight excluding hydrogens is 294 g/mol. The first kappa shape index (κ1) is 14.7. The number of hydrogen-bond acceptors (Lipinski definition) is 6. The Bertz CT molecular complexity index is 826. The molecule has 0 fully saturated rings. The third-order valence-corrected chi connectivity index (χ3v) is 3.17. The lowest BCUT2D eigenvalue weighted by atomic mass is 10.2. The molecule has 0 saturated heterocycles. The van der Waals surface area contributed by atoms with E-state index in [1.165, 1.54) is 0 Å². The summed E-state index contributed by atoms with van der Waals surface area (Å²) in [5.74, 6) is 1.13. The summed E-state index contributed by atoms with van der Waals surface area (Å²) >= 11 is 0. The smallest absolute Gasteiger partial charge is 0.277 e. The summed E-state index contributed by atoms with van der Waals surface area (Å²) in [6, 6.07) is 12.8. The van der Waals surface area contributed by atoms with Crippen LogP contribution >= 0.6 is 0 Å². The molecule has 0 spiro atoms. The van der Waals surface area contributed by atoms with Gasteiger partial charge in [0.05, 0.1) is 0 Å². The molecule has 2 N–H and O–H groups in total. The van der Waals surface area contributed by atoms with Crippen molar-refractivity contribution in [3.63, 3.8) is 0 Å². The molecule has 2 heterocycles. The van der Waals surface area contributed by atoms with Gasteiger partial charge in [-0.2, -0.15) is 0 Å². The summed E-state index contributed by atoms with van der Waals surface area (Å²) in [6.45, 7) is 3.74. The summed E-state index contributed by atoms with van der Waals surface area (Å²) in [7, 11) is 0. The highest BCUT2D eigenvalue weighted by Crippen LogP contribution is 2.18. The molecule has 116 valence electrons. The molecule has 0 aliphatic rings. The standard InChI is InChI=1S/C16H15N5O2/c1-10-5-3-4-6-12(10)17-14-8-7-13(19-20-14)16(22)18-15-9-11(2)23-21-15/h3-9H,1-2H3,(H,17,20)(H,18,21,22). The zero-order chi connectivity index (χ0) is 16.2. The van der Waals surface area contributed by atoms with Gasteiger partial charge in [-0.15, -0.1) is 10.2 Å². The van der Waals surface area contributed by atoms with Crippen LogP contribution in [0.5, 0.6) is 0 Å². The van der Waals surface area contributed by atoms with Gasteiger partial charge in [-0.25, -0.2) is 0 Å². The minimum atomic E-state index is -0.395. The van der Waals surface area contributed by atoms with Crippen molar-refractivity contribution in [2.24, 2.45) is 0 Å². The van der Waals surface area contributed by atoms with Crippen LogP contribution in [0.15, 0.2) is 47.0 Å². The normalized spacial score (nSPS) is 10.3. The molecule has 7 heteroatoms. The van der Waals surface area contributed by atoms with E-state index in [1.807, 2.05) is 31.2 Å². The van der Waals surface area contributed by atoms with E-state index < -0.39 is 5.91 Å². The lowest BCUT2D eigenvalue weighted by Gasteiger charge is -2.08. The molecule has 0 unspecified atom stereocenters. The van der Waals surface area contributed by atoms with Crippen LogP contribution in [0.25, 0.3) is 0 Å². The van der Waals surface area contributed by atoms with Gasteiger partial charge in [0.25, 0.3) is 5.91 Å². The van der Waals surface area contributed by atoms with E-state index in [2.05, 4.69) is 26.0 Å². The van der Waals surface area contributed by atoms with Crippen LogP contribution in [0, 0.1) is 13.8 Å². The average Bonchev–Trinajstić information content (AvgIpc) is 2.95. The second kappa shape index (κ2) is 6.27. The maximum absolute atomic E-state index is 12.0. The SMILES string of the molecule is Cc1cc(NC(=O)c2ccc(Nc3ccccc3C)nn2)no1. The number of carbonyl (C=O) groups excluding carboxylic acids is 1. The van der Waals surface area contributed by atoms with Gasteiger partial charge in [0.1, 0.15) is 5.76 Å². The van der Waals surface area contributed by atoms with Gasteiger partial charge in [0.15, 0.2) is 17.3 Å². The Morgan fingerprint density at radius 2 is 1.87 bits per heavy atom. The zero-order valence-corrected chi connectivity index (χ0v) is 12.7. The fraction of sp³-hybridized carbons (Fsp3) is 0.125. The highest BCUT2D eigenvalue weighted by molar-refractivity contribution is 6.02. The van der Waals surface area contributed by atoms with E-state index in [0.717, 1.165) is 11.3 Å². The largest absolute Gasteiger partial charge is 0.360 e. The molecule has 7 nitrogen and oxygen atoms in total. The highest BCUT2D eigenvalue weighted by Gasteiger charge is 2.11. The van der Waals surface area contributed by atoms with E-state index >= 15 is 0 Å². The summed E-state index contributed by atoms with van der Waals surface area (Å²) in [4.78, 5) is 12.0. The average molecular weight is 309 g/mol. The molecule has 3 aromatic rings. The predicted molar refractivity (Wildman–Crippen MR) is 85.7 cm³/mol. The number of carbonyl (C=O) groups is 1. The van der Waals surface area contributed by atoms with Crippen molar-refractivity contribution in [2.45, 2.75) is 13.8 Å². The molecule has 0 atom stereocenters. The Kier molecular flexibility index (Phi) is 4.01. The Morgan fingerprint density at radius 1 is 1.04 bits per heavy atom. The van der Waals surface area contributed by atoms with Crippen molar-refractivity contribution in [3.8, 4) is 0 Å². The lowest BCUT2D eigenvalue weighted by Crippen LogP contribution is -2.14. The monoisotopic (exact) mass is 309 g/mol. The quantitative estimate of drug-likeness (QED) is 0.769. The lowest BCUT2D eigenvalue weighted by molar-refractivity contribution is 0.102. The minimum absolute atomic E-state index is 0.195. The number of para-hydroxylation sites is 1. The van der Waals surface area contributed by atoms with Gasteiger partial charge < -0.3 is 15.2 Å². The Labute approximate surface area is 132 Å². The third-order valence-electron chi connectivity index (χ3n) is 3.17. The maximum Gasteiger partial charge on any atom is 0.277 e. The van der Waals surface area contributed by atoms with Crippen LogP contribution in [0.3, 0.4) is 0 Å². The second-order valence-corrected chi connectivity index (χ2v) is 5.02. The number of amides is 1. The molecule has 1 amide bonds.